The lowest BCUT2D eigenvalue weighted by molar-refractivity contribution is 0.0959. The van der Waals surface area contributed by atoms with Crippen LogP contribution in [0.2, 0.25) is 0 Å². The number of hydrogen-bond acceptors (Lipinski definition) is 4. The highest BCUT2D eigenvalue weighted by Crippen LogP contribution is 2.37. The SMILES string of the molecule is Bc1c(F)c(C(=O)NC)cc(O)c1NC1(C#N)CCC1. The van der Waals surface area contributed by atoms with E-state index in [4.69, 9.17) is 0 Å². The van der Waals surface area contributed by atoms with Gasteiger partial charge in [0.2, 0.25) is 0 Å². The van der Waals surface area contributed by atoms with Crippen LogP contribution in [-0.4, -0.2) is 31.4 Å². The van der Waals surface area contributed by atoms with Crippen molar-refractivity contribution in [2.75, 3.05) is 12.4 Å². The highest BCUT2D eigenvalue weighted by atomic mass is 19.1. The predicted octanol–water partition coefficient (Wildman–Crippen LogP) is 0.00748. The van der Waals surface area contributed by atoms with Gasteiger partial charge in [-0.3, -0.25) is 4.79 Å². The van der Waals surface area contributed by atoms with Crippen molar-refractivity contribution >= 4 is 24.9 Å². The molecule has 1 aliphatic carbocycles. The topological polar surface area (TPSA) is 85.2 Å². The van der Waals surface area contributed by atoms with E-state index in [9.17, 15) is 19.6 Å². The summed E-state index contributed by atoms with van der Waals surface area (Å²) in [5.41, 5.74) is -0.655. The van der Waals surface area contributed by atoms with Crippen LogP contribution >= 0.6 is 0 Å². The minimum atomic E-state index is -0.747. The van der Waals surface area contributed by atoms with Crippen LogP contribution in [0, 0.1) is 17.1 Å². The van der Waals surface area contributed by atoms with Gasteiger partial charge in [-0.25, -0.2) is 4.39 Å². The van der Waals surface area contributed by atoms with Crippen molar-refractivity contribution < 1.29 is 14.3 Å². The molecular formula is C13H15BFN3O2. The monoisotopic (exact) mass is 275 g/mol. The number of hydrogen-bond donors (Lipinski definition) is 3. The third-order valence-electron chi connectivity index (χ3n) is 3.73. The minimum Gasteiger partial charge on any atom is -0.506 e. The number of nitriles is 1. The van der Waals surface area contributed by atoms with Crippen molar-refractivity contribution in [3.05, 3.63) is 17.4 Å². The summed E-state index contributed by atoms with van der Waals surface area (Å²) in [6.07, 6.45) is 2.22. The van der Waals surface area contributed by atoms with Gasteiger partial charge < -0.3 is 15.7 Å². The summed E-state index contributed by atoms with van der Waals surface area (Å²) >= 11 is 0. The molecule has 0 radical (unpaired) electrons. The molecule has 7 heteroatoms. The van der Waals surface area contributed by atoms with Crippen molar-refractivity contribution in [2.24, 2.45) is 0 Å². The smallest absolute Gasteiger partial charge is 0.254 e. The number of amides is 1. The highest BCUT2D eigenvalue weighted by molar-refractivity contribution is 6.37. The molecule has 20 heavy (non-hydrogen) atoms. The molecule has 5 nitrogen and oxygen atoms in total. The number of aromatic hydroxyl groups is 1. The molecule has 1 aliphatic rings. The molecule has 0 aromatic heterocycles. The fourth-order valence-electron chi connectivity index (χ4n) is 2.27. The zero-order valence-corrected chi connectivity index (χ0v) is 11.4. The molecule has 1 fully saturated rings. The second-order valence-electron chi connectivity index (χ2n) is 5.01. The maximum absolute atomic E-state index is 14.2. The van der Waals surface area contributed by atoms with Gasteiger partial charge >= 0.3 is 0 Å². The molecule has 0 saturated heterocycles. The number of nitrogens with one attached hydrogen (secondary N) is 2. The normalized spacial score (nSPS) is 15.8. The molecule has 1 saturated carbocycles. The van der Waals surface area contributed by atoms with Crippen molar-refractivity contribution in [1.82, 2.24) is 5.32 Å². The maximum atomic E-state index is 14.2. The molecule has 1 amide bonds. The number of carbonyl (C=O) groups excluding carboxylic acids is 1. The van der Waals surface area contributed by atoms with E-state index < -0.39 is 17.3 Å². The molecule has 2 rings (SSSR count). The summed E-state index contributed by atoms with van der Waals surface area (Å²) < 4.78 is 14.2. The Kier molecular flexibility index (Phi) is 3.58. The summed E-state index contributed by atoms with van der Waals surface area (Å²) in [6.45, 7) is 0. The number of anilines is 1. The molecular weight excluding hydrogens is 260 g/mol. The highest BCUT2D eigenvalue weighted by Gasteiger charge is 2.38. The van der Waals surface area contributed by atoms with E-state index in [1.807, 2.05) is 0 Å². The Bertz CT molecular complexity index is 609. The molecule has 104 valence electrons. The van der Waals surface area contributed by atoms with Crippen LogP contribution in [0.15, 0.2) is 6.07 Å². The first-order valence-electron chi connectivity index (χ1n) is 6.37. The number of halogens is 1. The van der Waals surface area contributed by atoms with Gasteiger partial charge in [0.25, 0.3) is 5.91 Å². The third-order valence-corrected chi connectivity index (χ3v) is 3.73. The van der Waals surface area contributed by atoms with Gasteiger partial charge in [0.1, 0.15) is 25.0 Å². The van der Waals surface area contributed by atoms with E-state index in [2.05, 4.69) is 16.7 Å². The zero-order chi connectivity index (χ0) is 14.9. The van der Waals surface area contributed by atoms with E-state index >= 15 is 0 Å². The summed E-state index contributed by atoms with van der Waals surface area (Å²) in [5.74, 6) is -1.54. The molecule has 0 heterocycles. The zero-order valence-electron chi connectivity index (χ0n) is 11.4. The van der Waals surface area contributed by atoms with Crippen molar-refractivity contribution in [3.63, 3.8) is 0 Å². The lowest BCUT2D eigenvalue weighted by Crippen LogP contribution is -2.45. The lowest BCUT2D eigenvalue weighted by atomic mass is 9.77. The first kappa shape index (κ1) is 14.2. The lowest BCUT2D eigenvalue weighted by Gasteiger charge is -2.37. The molecule has 3 N–H and O–H groups in total. The van der Waals surface area contributed by atoms with Gasteiger partial charge in [0, 0.05) is 7.05 Å². The van der Waals surface area contributed by atoms with Crippen LogP contribution in [0.3, 0.4) is 0 Å². The second kappa shape index (κ2) is 5.04. The number of carbonyl (C=O) groups is 1. The Hall–Kier alpha value is -2.23. The van der Waals surface area contributed by atoms with Crippen LogP contribution in [0.25, 0.3) is 0 Å². The fraction of sp³-hybridized carbons (Fsp3) is 0.385. The van der Waals surface area contributed by atoms with Gasteiger partial charge in [-0.05, 0) is 30.8 Å². The molecule has 0 spiro atoms. The van der Waals surface area contributed by atoms with Crippen molar-refractivity contribution in [1.29, 1.82) is 5.26 Å². The van der Waals surface area contributed by atoms with E-state index in [1.54, 1.807) is 0 Å². The molecule has 0 aliphatic heterocycles. The molecule has 1 aromatic rings. The predicted molar refractivity (Wildman–Crippen MR) is 75.5 cm³/mol. The Morgan fingerprint density at radius 3 is 2.70 bits per heavy atom. The van der Waals surface area contributed by atoms with Crippen LogP contribution in [0.5, 0.6) is 5.75 Å². The summed E-state index contributed by atoms with van der Waals surface area (Å²) in [7, 11) is 2.85. The molecule has 0 bridgehead atoms. The van der Waals surface area contributed by atoms with E-state index in [0.29, 0.717) is 12.8 Å². The van der Waals surface area contributed by atoms with Gasteiger partial charge in [0.15, 0.2) is 0 Å². The number of benzene rings is 1. The third kappa shape index (κ3) is 2.18. The van der Waals surface area contributed by atoms with Crippen molar-refractivity contribution in [3.8, 4) is 11.8 Å². The fourth-order valence-corrected chi connectivity index (χ4v) is 2.27. The Balaban J connectivity index is 2.43. The number of phenols is 1. The van der Waals surface area contributed by atoms with Crippen LogP contribution in [0.4, 0.5) is 10.1 Å². The Morgan fingerprint density at radius 2 is 2.25 bits per heavy atom. The average molecular weight is 275 g/mol. The van der Waals surface area contributed by atoms with Gasteiger partial charge in [-0.1, -0.05) is 0 Å². The van der Waals surface area contributed by atoms with Crippen LogP contribution in [0.1, 0.15) is 29.6 Å². The largest absolute Gasteiger partial charge is 0.506 e. The first-order valence-corrected chi connectivity index (χ1v) is 6.37. The van der Waals surface area contributed by atoms with Gasteiger partial charge in [0.05, 0.1) is 17.3 Å². The Morgan fingerprint density at radius 1 is 1.60 bits per heavy atom. The average Bonchev–Trinajstić information content (AvgIpc) is 2.40. The van der Waals surface area contributed by atoms with Crippen LogP contribution < -0.4 is 16.1 Å². The maximum Gasteiger partial charge on any atom is 0.254 e. The minimum absolute atomic E-state index is 0.130. The summed E-state index contributed by atoms with van der Waals surface area (Å²) in [5, 5.41) is 24.4. The Labute approximate surface area is 117 Å². The van der Waals surface area contributed by atoms with E-state index in [0.717, 1.165) is 12.5 Å². The second-order valence-corrected chi connectivity index (χ2v) is 5.01. The van der Waals surface area contributed by atoms with E-state index in [-0.39, 0.29) is 22.5 Å². The number of nitrogens with zero attached hydrogens (tertiary/aromatic N) is 1. The quantitative estimate of drug-likeness (QED) is 0.535. The molecule has 0 unspecified atom stereocenters. The van der Waals surface area contributed by atoms with E-state index in [1.165, 1.54) is 14.9 Å². The van der Waals surface area contributed by atoms with Crippen molar-refractivity contribution in [2.45, 2.75) is 24.8 Å². The molecule has 1 aromatic carbocycles. The van der Waals surface area contributed by atoms with Gasteiger partial charge in [-0.2, -0.15) is 5.26 Å². The van der Waals surface area contributed by atoms with Crippen LogP contribution in [-0.2, 0) is 0 Å². The number of rotatable bonds is 3. The van der Waals surface area contributed by atoms with Gasteiger partial charge in [-0.15, -0.1) is 0 Å². The number of phenolic OH excluding ortho intramolecular Hbond substituents is 1. The first-order chi connectivity index (χ1) is 9.44. The molecule has 0 atom stereocenters. The summed E-state index contributed by atoms with van der Waals surface area (Å²) in [6, 6.07) is 3.24. The summed E-state index contributed by atoms with van der Waals surface area (Å²) in [4.78, 5) is 11.5. The standard InChI is InChI=1S/C13H15BFN3O2/c1-17-12(20)7-5-8(19)11(9(14)10(7)15)18-13(6-16)3-2-4-13/h5,18-19H,2-4,14H2,1H3,(H,17,20).